The molecule has 0 fully saturated rings. The van der Waals surface area contributed by atoms with Gasteiger partial charge in [0, 0.05) is 0 Å². The fraction of sp³-hybridized carbons (Fsp3) is 0.462. The van der Waals surface area contributed by atoms with Crippen molar-refractivity contribution < 1.29 is 23.7 Å². The van der Waals surface area contributed by atoms with Crippen molar-refractivity contribution in [2.45, 2.75) is 13.3 Å². The molecule has 0 saturated heterocycles. The summed E-state index contributed by atoms with van der Waals surface area (Å²) in [6, 6.07) is 1.60. The van der Waals surface area contributed by atoms with Crippen molar-refractivity contribution in [2.24, 2.45) is 0 Å². The number of carbonyl (C=O) groups is 1. The predicted octanol–water partition coefficient (Wildman–Crippen LogP) is 2.88. The predicted molar refractivity (Wildman–Crippen MR) is 79.4 cm³/mol. The lowest BCUT2D eigenvalue weighted by atomic mass is 10.2. The lowest BCUT2D eigenvalue weighted by Gasteiger charge is -2.16. The molecule has 6 heteroatoms. The molecule has 0 amide bonds. The van der Waals surface area contributed by atoms with Gasteiger partial charge in [-0.1, -0.05) is 6.92 Å². The molecular weight excluding hydrogens is 363 g/mol. The zero-order valence-electron chi connectivity index (χ0n) is 11.4. The largest absolute Gasteiger partial charge is 0.493 e. The Hall–Kier alpha value is -1.18. The first kappa shape index (κ1) is 15.9. The molecule has 0 bridgehead atoms. The minimum absolute atomic E-state index is 0.381. The van der Waals surface area contributed by atoms with Gasteiger partial charge in [-0.15, -0.1) is 0 Å². The third-order valence-corrected chi connectivity index (χ3v) is 3.50. The van der Waals surface area contributed by atoms with Crippen molar-refractivity contribution in [3.8, 4) is 17.2 Å². The lowest BCUT2D eigenvalue weighted by molar-refractivity contribution is 0.0503. The summed E-state index contributed by atoms with van der Waals surface area (Å²) in [4.78, 5) is 12.0. The highest BCUT2D eigenvalue weighted by Crippen LogP contribution is 2.42. The summed E-state index contributed by atoms with van der Waals surface area (Å²) in [5.74, 6) is 0.959. The molecule has 1 aromatic carbocycles. The number of benzene rings is 1. The molecule has 1 aromatic rings. The van der Waals surface area contributed by atoms with Gasteiger partial charge in [0.25, 0.3) is 0 Å². The first-order chi connectivity index (χ1) is 9.10. The third kappa shape index (κ3) is 3.43. The van der Waals surface area contributed by atoms with E-state index >= 15 is 0 Å². The molecule has 0 atom stereocenters. The highest BCUT2D eigenvalue weighted by molar-refractivity contribution is 14.1. The molecule has 1 rings (SSSR count). The Kier molecular flexibility index (Phi) is 6.20. The van der Waals surface area contributed by atoms with Gasteiger partial charge in [-0.25, -0.2) is 4.79 Å². The number of ether oxygens (including phenoxy) is 4. The van der Waals surface area contributed by atoms with Crippen LogP contribution in [-0.4, -0.2) is 33.9 Å². The van der Waals surface area contributed by atoms with Crippen LogP contribution in [-0.2, 0) is 4.74 Å². The van der Waals surface area contributed by atoms with E-state index in [1.165, 1.54) is 21.3 Å². The Balaban J connectivity index is 3.29. The Morgan fingerprint density at radius 2 is 1.79 bits per heavy atom. The SMILES string of the molecule is CCCOC(=O)c1cc(OC)c(OC)c(OC)c1I. The smallest absolute Gasteiger partial charge is 0.339 e. The lowest BCUT2D eigenvalue weighted by Crippen LogP contribution is -2.10. The molecule has 0 saturated carbocycles. The maximum absolute atomic E-state index is 12.0. The van der Waals surface area contributed by atoms with E-state index in [2.05, 4.69) is 0 Å². The van der Waals surface area contributed by atoms with Gasteiger partial charge in [0.1, 0.15) is 0 Å². The molecule has 0 aromatic heterocycles. The van der Waals surface area contributed by atoms with E-state index in [1.54, 1.807) is 6.07 Å². The third-order valence-electron chi connectivity index (χ3n) is 2.43. The van der Waals surface area contributed by atoms with Crippen LogP contribution in [0, 0.1) is 3.57 Å². The quantitative estimate of drug-likeness (QED) is 0.561. The molecule has 0 aliphatic heterocycles. The second-order valence-electron chi connectivity index (χ2n) is 3.64. The van der Waals surface area contributed by atoms with Gasteiger partial charge in [-0.3, -0.25) is 0 Å². The zero-order chi connectivity index (χ0) is 14.4. The fourth-order valence-corrected chi connectivity index (χ4v) is 2.38. The molecule has 0 radical (unpaired) electrons. The Labute approximate surface area is 126 Å². The number of hydrogen-bond acceptors (Lipinski definition) is 5. The topological polar surface area (TPSA) is 54.0 Å². The van der Waals surface area contributed by atoms with Crippen molar-refractivity contribution in [3.05, 3.63) is 15.2 Å². The first-order valence-corrected chi connectivity index (χ1v) is 6.84. The van der Waals surface area contributed by atoms with Crippen LogP contribution < -0.4 is 14.2 Å². The van der Waals surface area contributed by atoms with Gasteiger partial charge in [0.2, 0.25) is 5.75 Å². The van der Waals surface area contributed by atoms with Crippen molar-refractivity contribution in [1.29, 1.82) is 0 Å². The molecule has 0 N–H and O–H groups in total. The van der Waals surface area contributed by atoms with E-state index in [0.29, 0.717) is 33.0 Å². The zero-order valence-corrected chi connectivity index (χ0v) is 13.6. The van der Waals surface area contributed by atoms with E-state index in [1.807, 2.05) is 29.5 Å². The molecule has 5 nitrogen and oxygen atoms in total. The molecular formula is C13H17IO5. The summed E-state index contributed by atoms with van der Waals surface area (Å²) in [5.41, 5.74) is 0.406. The summed E-state index contributed by atoms with van der Waals surface area (Å²) in [7, 11) is 4.54. The van der Waals surface area contributed by atoms with Gasteiger partial charge in [-0.2, -0.15) is 0 Å². The average Bonchev–Trinajstić information content (AvgIpc) is 2.43. The van der Waals surface area contributed by atoms with E-state index in [-0.39, 0.29) is 0 Å². The van der Waals surface area contributed by atoms with Gasteiger partial charge in [-0.05, 0) is 35.1 Å². The van der Waals surface area contributed by atoms with Crippen molar-refractivity contribution >= 4 is 28.6 Å². The Bertz CT molecular complexity index is 459. The number of halogens is 1. The number of rotatable bonds is 6. The number of hydrogen-bond donors (Lipinski definition) is 0. The van der Waals surface area contributed by atoms with Crippen LogP contribution in [0.15, 0.2) is 6.07 Å². The standard InChI is InChI=1S/C13H17IO5/c1-5-6-19-13(15)8-7-9(16-2)11(17-3)12(18-4)10(8)14/h7H,5-6H2,1-4H3. The van der Waals surface area contributed by atoms with Crippen molar-refractivity contribution in [1.82, 2.24) is 0 Å². The van der Waals surface area contributed by atoms with Gasteiger partial charge < -0.3 is 18.9 Å². The highest BCUT2D eigenvalue weighted by Gasteiger charge is 2.23. The monoisotopic (exact) mass is 380 g/mol. The number of carbonyl (C=O) groups excluding carboxylic acids is 1. The normalized spacial score (nSPS) is 9.95. The number of esters is 1. The average molecular weight is 380 g/mol. The van der Waals surface area contributed by atoms with E-state index in [9.17, 15) is 4.79 Å². The molecule has 0 spiro atoms. The first-order valence-electron chi connectivity index (χ1n) is 5.76. The van der Waals surface area contributed by atoms with Crippen molar-refractivity contribution in [2.75, 3.05) is 27.9 Å². The molecule has 19 heavy (non-hydrogen) atoms. The van der Waals surface area contributed by atoms with Crippen LogP contribution in [0.3, 0.4) is 0 Å². The van der Waals surface area contributed by atoms with E-state index in [0.717, 1.165) is 6.42 Å². The van der Waals surface area contributed by atoms with Crippen LogP contribution in [0.2, 0.25) is 0 Å². The fourth-order valence-electron chi connectivity index (χ4n) is 1.54. The second kappa shape index (κ2) is 7.42. The molecule has 0 aliphatic rings. The van der Waals surface area contributed by atoms with Gasteiger partial charge in [0.05, 0.1) is 37.1 Å². The Morgan fingerprint density at radius 1 is 1.16 bits per heavy atom. The number of methoxy groups -OCH3 is 3. The van der Waals surface area contributed by atoms with Crippen molar-refractivity contribution in [3.63, 3.8) is 0 Å². The second-order valence-corrected chi connectivity index (χ2v) is 4.72. The van der Waals surface area contributed by atoms with Crippen LogP contribution in [0.4, 0.5) is 0 Å². The van der Waals surface area contributed by atoms with Crippen LogP contribution >= 0.6 is 22.6 Å². The Morgan fingerprint density at radius 3 is 2.26 bits per heavy atom. The van der Waals surface area contributed by atoms with Gasteiger partial charge >= 0.3 is 5.97 Å². The molecule has 0 unspecified atom stereocenters. The maximum Gasteiger partial charge on any atom is 0.339 e. The minimum atomic E-state index is -0.398. The molecule has 0 aliphatic carbocycles. The maximum atomic E-state index is 12.0. The summed E-state index contributed by atoms with van der Waals surface area (Å²) in [6.45, 7) is 2.32. The van der Waals surface area contributed by atoms with E-state index in [4.69, 9.17) is 18.9 Å². The minimum Gasteiger partial charge on any atom is -0.493 e. The van der Waals surface area contributed by atoms with Crippen LogP contribution in [0.25, 0.3) is 0 Å². The summed E-state index contributed by atoms with van der Waals surface area (Å²) >= 11 is 2.03. The van der Waals surface area contributed by atoms with Gasteiger partial charge in [0.15, 0.2) is 11.5 Å². The van der Waals surface area contributed by atoms with E-state index < -0.39 is 5.97 Å². The summed E-state index contributed by atoms with van der Waals surface area (Å²) < 4.78 is 21.5. The molecule has 0 heterocycles. The molecule has 106 valence electrons. The van der Waals surface area contributed by atoms with Crippen LogP contribution in [0.5, 0.6) is 17.2 Å². The summed E-state index contributed by atoms with van der Waals surface area (Å²) in [5, 5.41) is 0. The highest BCUT2D eigenvalue weighted by atomic mass is 127. The van der Waals surface area contributed by atoms with Crippen LogP contribution in [0.1, 0.15) is 23.7 Å². The summed E-state index contributed by atoms with van der Waals surface area (Å²) in [6.07, 6.45) is 0.771.